The smallest absolute Gasteiger partial charge is 0.0934 e. The Morgan fingerprint density at radius 1 is 1.38 bits per heavy atom. The highest BCUT2D eigenvalue weighted by atomic mass is 19.1. The van der Waals surface area contributed by atoms with Crippen LogP contribution in [0.4, 0.5) is 4.39 Å². The largest absolute Gasteiger partial charge is 0.322 e. The van der Waals surface area contributed by atoms with Crippen molar-refractivity contribution in [3.63, 3.8) is 0 Å². The predicted octanol–water partition coefficient (Wildman–Crippen LogP) is 2.39. The van der Waals surface area contributed by atoms with E-state index in [1.807, 2.05) is 38.1 Å². The van der Waals surface area contributed by atoms with Gasteiger partial charge in [-0.25, -0.2) is 0 Å². The van der Waals surface area contributed by atoms with Gasteiger partial charge in [0.05, 0.1) is 6.67 Å². The molecule has 2 heteroatoms. The molecule has 0 radical (unpaired) electrons. The SMILES string of the molecule is CC(C)(N)c1cccc(CCF)c1. The molecule has 0 aliphatic rings. The number of rotatable bonds is 3. The quantitative estimate of drug-likeness (QED) is 0.761. The van der Waals surface area contributed by atoms with Crippen LogP contribution in [0.25, 0.3) is 0 Å². The maximum absolute atomic E-state index is 12.1. The summed E-state index contributed by atoms with van der Waals surface area (Å²) in [5.74, 6) is 0. The van der Waals surface area contributed by atoms with Crippen molar-refractivity contribution in [2.45, 2.75) is 25.8 Å². The number of alkyl halides is 1. The fourth-order valence-electron chi connectivity index (χ4n) is 1.24. The van der Waals surface area contributed by atoms with Crippen LogP contribution in [0.2, 0.25) is 0 Å². The standard InChI is InChI=1S/C11H16FN/c1-11(2,13)10-5-3-4-9(8-10)6-7-12/h3-5,8H,6-7,13H2,1-2H3. The zero-order chi connectivity index (χ0) is 9.90. The number of hydrogen-bond acceptors (Lipinski definition) is 1. The zero-order valence-corrected chi connectivity index (χ0v) is 8.18. The van der Waals surface area contributed by atoms with Gasteiger partial charge in [0.25, 0.3) is 0 Å². The number of halogens is 1. The summed E-state index contributed by atoms with van der Waals surface area (Å²) in [5.41, 5.74) is 7.65. The Hall–Kier alpha value is -0.890. The van der Waals surface area contributed by atoms with Gasteiger partial charge in [-0.3, -0.25) is 4.39 Å². The molecule has 0 aromatic heterocycles. The summed E-state index contributed by atoms with van der Waals surface area (Å²) in [4.78, 5) is 0. The Labute approximate surface area is 78.8 Å². The van der Waals surface area contributed by atoms with Gasteiger partial charge >= 0.3 is 0 Å². The third kappa shape index (κ3) is 2.81. The van der Waals surface area contributed by atoms with Crippen LogP contribution in [-0.2, 0) is 12.0 Å². The topological polar surface area (TPSA) is 26.0 Å². The normalized spacial score (nSPS) is 11.7. The minimum absolute atomic E-state index is 0.311. The Kier molecular flexibility index (Phi) is 3.04. The van der Waals surface area contributed by atoms with Gasteiger partial charge in [0.15, 0.2) is 0 Å². The molecular formula is C11H16FN. The lowest BCUT2D eigenvalue weighted by Gasteiger charge is -2.19. The Morgan fingerprint density at radius 2 is 2.08 bits per heavy atom. The first-order chi connectivity index (χ1) is 6.04. The average Bonchev–Trinajstić information content (AvgIpc) is 2.04. The van der Waals surface area contributed by atoms with Gasteiger partial charge in [0.1, 0.15) is 0 Å². The number of hydrogen-bond donors (Lipinski definition) is 1. The molecule has 72 valence electrons. The van der Waals surface area contributed by atoms with Crippen LogP contribution in [0.3, 0.4) is 0 Å². The molecular weight excluding hydrogens is 165 g/mol. The van der Waals surface area contributed by atoms with Crippen molar-refractivity contribution in [1.29, 1.82) is 0 Å². The van der Waals surface area contributed by atoms with Crippen molar-refractivity contribution in [3.8, 4) is 0 Å². The van der Waals surface area contributed by atoms with E-state index < -0.39 is 0 Å². The maximum Gasteiger partial charge on any atom is 0.0934 e. The number of nitrogens with two attached hydrogens (primary N) is 1. The third-order valence-corrected chi connectivity index (χ3v) is 2.05. The maximum atomic E-state index is 12.1. The summed E-state index contributed by atoms with van der Waals surface area (Å²) in [6, 6.07) is 7.80. The molecule has 0 saturated heterocycles. The van der Waals surface area contributed by atoms with E-state index >= 15 is 0 Å². The molecule has 1 aromatic carbocycles. The van der Waals surface area contributed by atoms with E-state index in [-0.39, 0.29) is 12.2 Å². The van der Waals surface area contributed by atoms with Crippen molar-refractivity contribution in [2.75, 3.05) is 6.67 Å². The van der Waals surface area contributed by atoms with Gasteiger partial charge in [-0.1, -0.05) is 24.3 Å². The van der Waals surface area contributed by atoms with Gasteiger partial charge in [-0.05, 0) is 25.0 Å². The van der Waals surface area contributed by atoms with Crippen LogP contribution in [0.5, 0.6) is 0 Å². The first kappa shape index (κ1) is 10.2. The second-order valence-corrected chi connectivity index (χ2v) is 3.86. The van der Waals surface area contributed by atoms with E-state index in [4.69, 9.17) is 5.73 Å². The summed E-state index contributed by atoms with van der Waals surface area (Å²) in [6.45, 7) is 3.58. The number of benzene rings is 1. The molecule has 0 heterocycles. The van der Waals surface area contributed by atoms with Crippen molar-refractivity contribution in [3.05, 3.63) is 35.4 Å². The third-order valence-electron chi connectivity index (χ3n) is 2.05. The zero-order valence-electron chi connectivity index (χ0n) is 8.18. The van der Waals surface area contributed by atoms with Gasteiger partial charge in [-0.15, -0.1) is 0 Å². The monoisotopic (exact) mass is 181 g/mol. The van der Waals surface area contributed by atoms with Crippen LogP contribution >= 0.6 is 0 Å². The Balaban J connectivity index is 2.92. The van der Waals surface area contributed by atoms with Crippen LogP contribution in [-0.4, -0.2) is 6.67 Å². The van der Waals surface area contributed by atoms with E-state index in [0.717, 1.165) is 11.1 Å². The van der Waals surface area contributed by atoms with Crippen molar-refractivity contribution >= 4 is 0 Å². The molecule has 0 amide bonds. The molecule has 1 nitrogen and oxygen atoms in total. The van der Waals surface area contributed by atoms with Crippen LogP contribution in [0.15, 0.2) is 24.3 Å². The lowest BCUT2D eigenvalue weighted by molar-refractivity contribution is 0.494. The summed E-state index contributed by atoms with van der Waals surface area (Å²) < 4.78 is 12.1. The lowest BCUT2D eigenvalue weighted by atomic mass is 9.94. The molecule has 0 atom stereocenters. The molecule has 1 rings (SSSR count). The molecule has 0 spiro atoms. The highest BCUT2D eigenvalue weighted by molar-refractivity contribution is 5.28. The fourth-order valence-corrected chi connectivity index (χ4v) is 1.24. The fraction of sp³-hybridized carbons (Fsp3) is 0.455. The van der Waals surface area contributed by atoms with Crippen molar-refractivity contribution in [1.82, 2.24) is 0 Å². The minimum Gasteiger partial charge on any atom is -0.322 e. The molecule has 0 bridgehead atoms. The Morgan fingerprint density at radius 3 is 2.62 bits per heavy atom. The van der Waals surface area contributed by atoms with E-state index in [1.165, 1.54) is 0 Å². The van der Waals surface area contributed by atoms with Crippen molar-refractivity contribution < 1.29 is 4.39 Å². The molecule has 0 aliphatic carbocycles. The first-order valence-electron chi connectivity index (χ1n) is 4.48. The summed E-state index contributed by atoms with van der Waals surface area (Å²) in [6.07, 6.45) is 0.476. The summed E-state index contributed by atoms with van der Waals surface area (Å²) in [7, 11) is 0. The van der Waals surface area contributed by atoms with Crippen LogP contribution in [0, 0.1) is 0 Å². The van der Waals surface area contributed by atoms with Gasteiger partial charge in [0, 0.05) is 12.0 Å². The van der Waals surface area contributed by atoms with Gasteiger partial charge in [0.2, 0.25) is 0 Å². The number of aryl methyl sites for hydroxylation is 1. The van der Waals surface area contributed by atoms with Gasteiger partial charge in [-0.2, -0.15) is 0 Å². The van der Waals surface area contributed by atoms with Crippen molar-refractivity contribution in [2.24, 2.45) is 5.73 Å². The van der Waals surface area contributed by atoms with E-state index in [9.17, 15) is 4.39 Å². The van der Waals surface area contributed by atoms with E-state index in [0.29, 0.717) is 6.42 Å². The summed E-state index contributed by atoms with van der Waals surface area (Å²) >= 11 is 0. The molecule has 0 fully saturated rings. The molecule has 2 N–H and O–H groups in total. The molecule has 1 aromatic rings. The second kappa shape index (κ2) is 3.88. The molecule has 0 aliphatic heterocycles. The molecule has 0 unspecified atom stereocenters. The summed E-state index contributed by atoms with van der Waals surface area (Å²) in [5, 5.41) is 0. The second-order valence-electron chi connectivity index (χ2n) is 3.86. The average molecular weight is 181 g/mol. The molecule has 13 heavy (non-hydrogen) atoms. The highest BCUT2D eigenvalue weighted by Crippen LogP contribution is 2.18. The van der Waals surface area contributed by atoms with Gasteiger partial charge < -0.3 is 5.73 Å². The highest BCUT2D eigenvalue weighted by Gasteiger charge is 2.13. The lowest BCUT2D eigenvalue weighted by Crippen LogP contribution is -2.28. The Bertz CT molecular complexity index is 276. The van der Waals surface area contributed by atoms with Crippen LogP contribution < -0.4 is 5.73 Å². The first-order valence-corrected chi connectivity index (χ1v) is 4.48. The molecule has 0 saturated carbocycles. The minimum atomic E-state index is -0.341. The predicted molar refractivity (Wildman–Crippen MR) is 53.3 cm³/mol. The van der Waals surface area contributed by atoms with E-state index in [2.05, 4.69) is 0 Å². The van der Waals surface area contributed by atoms with Crippen LogP contribution in [0.1, 0.15) is 25.0 Å². The van der Waals surface area contributed by atoms with E-state index in [1.54, 1.807) is 0 Å².